The lowest BCUT2D eigenvalue weighted by Gasteiger charge is -2.32. The second-order valence-corrected chi connectivity index (χ2v) is 4.30. The summed E-state index contributed by atoms with van der Waals surface area (Å²) in [5.41, 5.74) is -1.05. The predicted octanol–water partition coefficient (Wildman–Crippen LogP) is -0.943. The molecule has 2 rings (SSSR count). The summed E-state index contributed by atoms with van der Waals surface area (Å²) in [6.45, 7) is 1.61. The quantitative estimate of drug-likeness (QED) is 0.632. The number of rotatable bonds is 3. The van der Waals surface area contributed by atoms with Crippen molar-refractivity contribution in [1.82, 2.24) is 15.2 Å². The minimum atomic E-state index is -0.595. The summed E-state index contributed by atoms with van der Waals surface area (Å²) < 4.78 is 0. The van der Waals surface area contributed by atoms with Gasteiger partial charge in [0.1, 0.15) is 0 Å². The van der Waals surface area contributed by atoms with Crippen LogP contribution in [0.3, 0.4) is 0 Å². The van der Waals surface area contributed by atoms with Gasteiger partial charge < -0.3 is 10.0 Å². The van der Waals surface area contributed by atoms with Gasteiger partial charge in [0.25, 0.3) is 5.56 Å². The minimum Gasteiger partial charge on any atom is -0.396 e. The van der Waals surface area contributed by atoms with Crippen LogP contribution >= 0.6 is 0 Å². The summed E-state index contributed by atoms with van der Waals surface area (Å²) in [7, 11) is 0. The molecular weight excluding hydrogens is 224 g/mol. The van der Waals surface area contributed by atoms with Crippen LogP contribution in [0.25, 0.3) is 0 Å². The normalized spacial score (nSPS) is 20.5. The summed E-state index contributed by atoms with van der Waals surface area (Å²) >= 11 is 0. The molecule has 3 N–H and O–H groups in total. The van der Waals surface area contributed by atoms with Gasteiger partial charge in [-0.25, -0.2) is 9.89 Å². The van der Waals surface area contributed by atoms with Gasteiger partial charge in [-0.2, -0.15) is 0 Å². The van der Waals surface area contributed by atoms with Crippen molar-refractivity contribution < 1.29 is 5.11 Å². The Kier molecular flexibility index (Phi) is 3.58. The van der Waals surface area contributed by atoms with Crippen LogP contribution in [0.15, 0.2) is 9.59 Å². The van der Waals surface area contributed by atoms with Crippen molar-refractivity contribution in [2.24, 2.45) is 5.92 Å². The molecule has 0 saturated carbocycles. The van der Waals surface area contributed by atoms with E-state index in [1.807, 2.05) is 4.90 Å². The average molecular weight is 240 g/mol. The number of nitrogens with one attached hydrogen (secondary N) is 2. The van der Waals surface area contributed by atoms with Gasteiger partial charge in [0.2, 0.25) is 5.82 Å². The Hall–Kier alpha value is -1.63. The van der Waals surface area contributed by atoms with E-state index in [0.29, 0.717) is 12.5 Å². The molecule has 0 amide bonds. The van der Waals surface area contributed by atoms with E-state index in [2.05, 4.69) is 15.2 Å². The fraction of sp³-hybridized carbons (Fsp3) is 0.700. The summed E-state index contributed by atoms with van der Waals surface area (Å²) in [5, 5.41) is 14.9. The number of anilines is 1. The largest absolute Gasteiger partial charge is 0.396 e. The molecule has 1 aromatic heterocycles. The SMILES string of the molecule is O=c1[nH]nc(N2CCCC(CCO)C2)c(=O)[nH]1. The Morgan fingerprint density at radius 2 is 2.29 bits per heavy atom. The number of H-pyrrole nitrogens is 2. The number of aliphatic hydroxyl groups excluding tert-OH is 1. The monoisotopic (exact) mass is 240 g/mol. The van der Waals surface area contributed by atoms with Crippen LogP contribution in [-0.2, 0) is 0 Å². The number of nitrogens with zero attached hydrogens (tertiary/aromatic N) is 2. The zero-order chi connectivity index (χ0) is 12.3. The first-order valence-corrected chi connectivity index (χ1v) is 5.75. The van der Waals surface area contributed by atoms with Gasteiger partial charge >= 0.3 is 5.69 Å². The van der Waals surface area contributed by atoms with Crippen LogP contribution < -0.4 is 16.1 Å². The van der Waals surface area contributed by atoms with Crippen LogP contribution in [0, 0.1) is 5.92 Å². The fourth-order valence-electron chi connectivity index (χ4n) is 2.23. The Morgan fingerprint density at radius 1 is 1.47 bits per heavy atom. The maximum absolute atomic E-state index is 11.6. The number of piperidine rings is 1. The molecule has 7 heteroatoms. The lowest BCUT2D eigenvalue weighted by Crippen LogP contribution is -2.41. The number of hydrogen-bond donors (Lipinski definition) is 3. The zero-order valence-corrected chi connectivity index (χ0v) is 9.48. The van der Waals surface area contributed by atoms with E-state index in [4.69, 9.17) is 5.11 Å². The maximum atomic E-state index is 11.6. The summed E-state index contributed by atoms with van der Waals surface area (Å²) in [6, 6.07) is 0. The number of hydrogen-bond acceptors (Lipinski definition) is 5. The number of aromatic amines is 2. The maximum Gasteiger partial charge on any atom is 0.342 e. The smallest absolute Gasteiger partial charge is 0.342 e. The van der Waals surface area contributed by atoms with Crippen molar-refractivity contribution in [2.45, 2.75) is 19.3 Å². The molecule has 1 aromatic rings. The highest BCUT2D eigenvalue weighted by Gasteiger charge is 2.22. The standard InChI is InChI=1S/C10H16N4O3/c15-5-3-7-2-1-4-14(6-7)8-9(16)11-10(17)13-12-8/h7,15H,1-6H2,(H2,11,13,16,17). The van der Waals surface area contributed by atoms with Crippen LogP contribution in [0.1, 0.15) is 19.3 Å². The van der Waals surface area contributed by atoms with E-state index in [1.54, 1.807) is 0 Å². The van der Waals surface area contributed by atoms with Crippen molar-refractivity contribution in [3.63, 3.8) is 0 Å². The van der Waals surface area contributed by atoms with E-state index in [-0.39, 0.29) is 12.4 Å². The molecular formula is C10H16N4O3. The predicted molar refractivity (Wildman–Crippen MR) is 62.1 cm³/mol. The van der Waals surface area contributed by atoms with Crippen molar-refractivity contribution in [3.05, 3.63) is 20.8 Å². The Morgan fingerprint density at radius 3 is 3.00 bits per heavy atom. The number of aromatic nitrogens is 3. The van der Waals surface area contributed by atoms with Crippen LogP contribution in [-0.4, -0.2) is 40.0 Å². The molecule has 17 heavy (non-hydrogen) atoms. The minimum absolute atomic E-state index is 0.161. The molecule has 2 heterocycles. The van der Waals surface area contributed by atoms with Gasteiger partial charge in [0.05, 0.1) is 0 Å². The highest BCUT2D eigenvalue weighted by atomic mass is 16.3. The molecule has 1 fully saturated rings. The molecule has 7 nitrogen and oxygen atoms in total. The molecule has 0 radical (unpaired) electrons. The lowest BCUT2D eigenvalue weighted by atomic mass is 9.95. The van der Waals surface area contributed by atoms with Crippen LogP contribution in [0.4, 0.5) is 5.82 Å². The third-order valence-electron chi connectivity index (χ3n) is 3.05. The topological polar surface area (TPSA) is 102 Å². The van der Waals surface area contributed by atoms with Gasteiger partial charge in [-0.15, -0.1) is 5.10 Å². The van der Waals surface area contributed by atoms with Crippen molar-refractivity contribution in [1.29, 1.82) is 0 Å². The Bertz CT molecular complexity index is 479. The van der Waals surface area contributed by atoms with Crippen LogP contribution in [0.5, 0.6) is 0 Å². The summed E-state index contributed by atoms with van der Waals surface area (Å²) in [6.07, 6.45) is 2.75. The first kappa shape index (κ1) is 11.8. The van der Waals surface area contributed by atoms with E-state index in [1.165, 1.54) is 0 Å². The second kappa shape index (κ2) is 5.13. The zero-order valence-electron chi connectivity index (χ0n) is 9.48. The van der Waals surface area contributed by atoms with E-state index in [9.17, 15) is 9.59 Å². The lowest BCUT2D eigenvalue weighted by molar-refractivity contribution is 0.244. The molecule has 0 spiro atoms. The van der Waals surface area contributed by atoms with E-state index >= 15 is 0 Å². The molecule has 0 bridgehead atoms. The van der Waals surface area contributed by atoms with E-state index < -0.39 is 11.2 Å². The number of aliphatic hydroxyl groups is 1. The summed E-state index contributed by atoms with van der Waals surface area (Å²) in [4.78, 5) is 26.5. The Labute approximate surface area is 97.5 Å². The molecule has 0 aliphatic carbocycles. The van der Waals surface area contributed by atoms with E-state index in [0.717, 1.165) is 25.8 Å². The molecule has 1 saturated heterocycles. The molecule has 1 aliphatic heterocycles. The van der Waals surface area contributed by atoms with Crippen molar-refractivity contribution >= 4 is 5.82 Å². The van der Waals surface area contributed by atoms with Crippen LogP contribution in [0.2, 0.25) is 0 Å². The van der Waals surface area contributed by atoms with Gasteiger partial charge in [0, 0.05) is 19.7 Å². The van der Waals surface area contributed by atoms with Gasteiger partial charge in [-0.1, -0.05) is 0 Å². The first-order valence-electron chi connectivity index (χ1n) is 5.75. The molecule has 1 atom stereocenters. The molecule has 0 aromatic carbocycles. The van der Waals surface area contributed by atoms with Gasteiger partial charge in [-0.05, 0) is 25.2 Å². The molecule has 94 valence electrons. The highest BCUT2D eigenvalue weighted by molar-refractivity contribution is 5.34. The van der Waals surface area contributed by atoms with Gasteiger partial charge in [-0.3, -0.25) is 9.78 Å². The van der Waals surface area contributed by atoms with Gasteiger partial charge in [0.15, 0.2) is 0 Å². The summed E-state index contributed by atoms with van der Waals surface area (Å²) in [5.74, 6) is 0.633. The van der Waals surface area contributed by atoms with Crippen molar-refractivity contribution in [3.8, 4) is 0 Å². The Balaban J connectivity index is 2.16. The first-order chi connectivity index (χ1) is 8.20. The third-order valence-corrected chi connectivity index (χ3v) is 3.05. The van der Waals surface area contributed by atoms with Crippen molar-refractivity contribution in [2.75, 3.05) is 24.6 Å². The molecule has 1 aliphatic rings. The highest BCUT2D eigenvalue weighted by Crippen LogP contribution is 2.20. The average Bonchev–Trinajstić information content (AvgIpc) is 2.29. The fourth-order valence-corrected chi connectivity index (χ4v) is 2.23. The third kappa shape index (κ3) is 2.73. The molecule has 1 unspecified atom stereocenters. The second-order valence-electron chi connectivity index (χ2n) is 4.30.